The lowest BCUT2D eigenvalue weighted by molar-refractivity contribution is -0.181. The van der Waals surface area contributed by atoms with Gasteiger partial charge in [0.05, 0.1) is 17.1 Å². The molecule has 2 aromatic carbocycles. The number of aldehydes is 1. The normalized spacial score (nSPS) is 15.8. The monoisotopic (exact) mass is 550 g/mol. The summed E-state index contributed by atoms with van der Waals surface area (Å²) in [6.45, 7) is 1.04. The number of amides is 1. The third-order valence-electron chi connectivity index (χ3n) is 6.38. The Bertz CT molecular complexity index is 1420. The van der Waals surface area contributed by atoms with Crippen molar-refractivity contribution in [2.45, 2.75) is 38.4 Å². The van der Waals surface area contributed by atoms with Crippen LogP contribution in [0.4, 0.5) is 23.2 Å². The van der Waals surface area contributed by atoms with Crippen molar-refractivity contribution in [2.75, 3.05) is 11.9 Å². The molecule has 0 saturated heterocycles. The summed E-state index contributed by atoms with van der Waals surface area (Å²) in [6, 6.07) is 8.57. The van der Waals surface area contributed by atoms with E-state index >= 15 is 4.39 Å². The van der Waals surface area contributed by atoms with Gasteiger partial charge in [-0.25, -0.2) is 4.39 Å². The summed E-state index contributed by atoms with van der Waals surface area (Å²) in [5.41, 5.74) is -0.114. The molecule has 1 aliphatic heterocycles. The van der Waals surface area contributed by atoms with Gasteiger partial charge in [0.2, 0.25) is 5.91 Å². The Hall–Kier alpha value is -3.66. The van der Waals surface area contributed by atoms with Crippen LogP contribution in [0.2, 0.25) is 5.02 Å². The number of carbonyl (C=O) groups excluding carboxylic acids is 2. The SMILES string of the molecule is CCCC(C(=O)Nc1ccc(C=O)cc1)n1cc2c(cc1=O)-c1c(ccc(Cl)c1F)CC(C(F)(F)F)CO2. The van der Waals surface area contributed by atoms with E-state index in [0.717, 1.165) is 16.8 Å². The zero-order valence-corrected chi connectivity index (χ0v) is 20.9. The largest absolute Gasteiger partial charge is 0.491 e. The van der Waals surface area contributed by atoms with Crippen LogP contribution in [-0.2, 0) is 11.2 Å². The lowest BCUT2D eigenvalue weighted by Gasteiger charge is -2.27. The van der Waals surface area contributed by atoms with E-state index in [-0.39, 0.29) is 33.9 Å². The molecule has 0 saturated carbocycles. The Morgan fingerprint density at radius 1 is 1.24 bits per heavy atom. The molecule has 200 valence electrons. The summed E-state index contributed by atoms with van der Waals surface area (Å²) < 4.78 is 62.9. The standard InChI is InChI=1S/C27H23ClF4N2O4/c1-2-3-21(26(37)33-18-7-4-15(13-35)5-8-18)34-12-22-19(11-23(34)36)24-16(6-9-20(28)25(24)29)10-17(14-38-22)27(30,31)32/h4-9,11-13,17,21H,2-3,10,14H2,1H3,(H,33,37). The molecule has 6 nitrogen and oxygen atoms in total. The molecule has 0 spiro atoms. The van der Waals surface area contributed by atoms with Gasteiger partial charge in [0, 0.05) is 28.4 Å². The number of aromatic nitrogens is 1. The lowest BCUT2D eigenvalue weighted by atomic mass is 9.90. The van der Waals surface area contributed by atoms with Crippen LogP contribution in [-0.4, -0.2) is 29.5 Å². The van der Waals surface area contributed by atoms with Crippen molar-refractivity contribution in [2.24, 2.45) is 5.92 Å². The Labute approximate surface area is 220 Å². The maximum atomic E-state index is 15.2. The predicted molar refractivity (Wildman–Crippen MR) is 134 cm³/mol. The van der Waals surface area contributed by atoms with Crippen LogP contribution in [0, 0.1) is 11.7 Å². The highest BCUT2D eigenvalue weighted by molar-refractivity contribution is 6.31. The molecule has 2 heterocycles. The van der Waals surface area contributed by atoms with Crippen molar-refractivity contribution < 1.29 is 31.9 Å². The second kappa shape index (κ2) is 11.0. The molecule has 2 unspecified atom stereocenters. The number of hydrogen-bond donors (Lipinski definition) is 1. The summed E-state index contributed by atoms with van der Waals surface area (Å²) in [6.07, 6.45) is -2.66. The molecule has 0 bridgehead atoms. The van der Waals surface area contributed by atoms with Crippen LogP contribution >= 0.6 is 11.6 Å². The van der Waals surface area contributed by atoms with Gasteiger partial charge in [-0.15, -0.1) is 0 Å². The number of benzene rings is 2. The van der Waals surface area contributed by atoms with Gasteiger partial charge < -0.3 is 10.1 Å². The molecule has 1 N–H and O–H groups in total. The van der Waals surface area contributed by atoms with Crippen LogP contribution in [0.5, 0.6) is 5.75 Å². The number of carbonyl (C=O) groups is 2. The van der Waals surface area contributed by atoms with Crippen molar-refractivity contribution in [3.8, 4) is 16.9 Å². The molecule has 1 amide bonds. The zero-order valence-electron chi connectivity index (χ0n) is 20.1. The van der Waals surface area contributed by atoms with E-state index in [2.05, 4.69) is 5.32 Å². The Balaban J connectivity index is 1.79. The van der Waals surface area contributed by atoms with Crippen molar-refractivity contribution in [3.63, 3.8) is 0 Å². The number of alkyl halides is 3. The molecule has 2 atom stereocenters. The van der Waals surface area contributed by atoms with Gasteiger partial charge in [0.1, 0.15) is 30.5 Å². The molecule has 0 aliphatic carbocycles. The fraction of sp³-hybridized carbons (Fsp3) is 0.296. The van der Waals surface area contributed by atoms with Gasteiger partial charge in [-0.2, -0.15) is 13.2 Å². The minimum absolute atomic E-state index is 0.0394. The minimum atomic E-state index is -4.62. The second-order valence-corrected chi connectivity index (χ2v) is 9.39. The van der Waals surface area contributed by atoms with E-state index < -0.39 is 48.4 Å². The summed E-state index contributed by atoms with van der Waals surface area (Å²) in [5, 5.41) is 2.37. The maximum Gasteiger partial charge on any atom is 0.395 e. The summed E-state index contributed by atoms with van der Waals surface area (Å²) >= 11 is 5.94. The van der Waals surface area contributed by atoms with Crippen LogP contribution < -0.4 is 15.6 Å². The third-order valence-corrected chi connectivity index (χ3v) is 6.67. The van der Waals surface area contributed by atoms with Crippen molar-refractivity contribution in [1.82, 2.24) is 4.57 Å². The summed E-state index contributed by atoms with van der Waals surface area (Å²) in [5.74, 6) is -3.62. The summed E-state index contributed by atoms with van der Waals surface area (Å²) in [4.78, 5) is 37.3. The van der Waals surface area contributed by atoms with E-state index in [0.29, 0.717) is 24.0 Å². The van der Waals surface area contributed by atoms with Crippen LogP contribution in [0.15, 0.2) is 53.5 Å². The van der Waals surface area contributed by atoms with Crippen molar-refractivity contribution >= 4 is 29.5 Å². The Morgan fingerprint density at radius 3 is 2.58 bits per heavy atom. The average Bonchev–Trinajstić information content (AvgIpc) is 2.86. The van der Waals surface area contributed by atoms with Gasteiger partial charge >= 0.3 is 6.18 Å². The topological polar surface area (TPSA) is 77.4 Å². The first-order chi connectivity index (χ1) is 18.0. The second-order valence-electron chi connectivity index (χ2n) is 8.98. The fourth-order valence-corrected chi connectivity index (χ4v) is 4.56. The highest BCUT2D eigenvalue weighted by Crippen LogP contribution is 2.42. The Kier molecular flexibility index (Phi) is 7.91. The first-order valence-electron chi connectivity index (χ1n) is 11.8. The first kappa shape index (κ1) is 27.4. The van der Waals surface area contributed by atoms with Crippen molar-refractivity contribution in [1.29, 1.82) is 0 Å². The molecule has 4 rings (SSSR count). The van der Waals surface area contributed by atoms with E-state index in [4.69, 9.17) is 16.3 Å². The van der Waals surface area contributed by atoms with Crippen molar-refractivity contribution in [3.05, 3.63) is 81.0 Å². The number of pyridine rings is 1. The first-order valence-corrected chi connectivity index (χ1v) is 12.2. The van der Waals surface area contributed by atoms with Gasteiger partial charge in [-0.1, -0.05) is 31.0 Å². The highest BCUT2D eigenvalue weighted by atomic mass is 35.5. The van der Waals surface area contributed by atoms with Gasteiger partial charge in [-0.05, 0) is 48.7 Å². The number of rotatable bonds is 6. The van der Waals surface area contributed by atoms with Gasteiger partial charge in [0.15, 0.2) is 0 Å². The predicted octanol–water partition coefficient (Wildman–Crippen LogP) is 6.21. The number of anilines is 1. The molecular weight excluding hydrogens is 528 g/mol. The molecule has 11 heteroatoms. The minimum Gasteiger partial charge on any atom is -0.491 e. The smallest absolute Gasteiger partial charge is 0.395 e. The molecule has 1 aromatic heterocycles. The number of hydrogen-bond acceptors (Lipinski definition) is 4. The molecular formula is C27H23ClF4N2O4. The lowest BCUT2D eigenvalue weighted by Crippen LogP contribution is -2.35. The quantitative estimate of drug-likeness (QED) is 0.292. The average molecular weight is 551 g/mol. The molecule has 0 fully saturated rings. The fourth-order valence-electron chi connectivity index (χ4n) is 4.40. The van der Waals surface area contributed by atoms with E-state index in [1.807, 2.05) is 0 Å². The molecule has 3 aromatic rings. The third kappa shape index (κ3) is 5.60. The number of nitrogens with one attached hydrogen (secondary N) is 1. The number of halogens is 5. The molecule has 0 radical (unpaired) electrons. The van der Waals surface area contributed by atoms with Crippen LogP contribution in [0.1, 0.15) is 41.7 Å². The van der Waals surface area contributed by atoms with Crippen LogP contribution in [0.3, 0.4) is 0 Å². The number of fused-ring (bicyclic) bond motifs is 3. The number of ether oxygens (including phenoxy) is 1. The molecule has 1 aliphatic rings. The van der Waals surface area contributed by atoms with E-state index in [9.17, 15) is 27.6 Å². The highest BCUT2D eigenvalue weighted by Gasteiger charge is 2.42. The van der Waals surface area contributed by atoms with Gasteiger partial charge in [0.25, 0.3) is 5.56 Å². The zero-order chi connectivity index (χ0) is 27.6. The number of nitrogens with zero attached hydrogens (tertiary/aromatic N) is 1. The Morgan fingerprint density at radius 2 is 1.95 bits per heavy atom. The van der Waals surface area contributed by atoms with Crippen LogP contribution in [0.25, 0.3) is 11.1 Å². The van der Waals surface area contributed by atoms with E-state index in [1.165, 1.54) is 36.4 Å². The molecule has 38 heavy (non-hydrogen) atoms. The van der Waals surface area contributed by atoms with E-state index in [1.54, 1.807) is 6.92 Å². The maximum absolute atomic E-state index is 15.2. The van der Waals surface area contributed by atoms with Gasteiger partial charge in [-0.3, -0.25) is 19.0 Å². The summed E-state index contributed by atoms with van der Waals surface area (Å²) in [7, 11) is 0.